The van der Waals surface area contributed by atoms with Crippen molar-refractivity contribution in [1.82, 2.24) is 0 Å². The molecule has 0 amide bonds. The van der Waals surface area contributed by atoms with Gasteiger partial charge in [0.25, 0.3) is 0 Å². The van der Waals surface area contributed by atoms with Gasteiger partial charge < -0.3 is 11.5 Å². The molecule has 0 aromatic rings. The molecule has 17 heavy (non-hydrogen) atoms. The third kappa shape index (κ3) is 4.29. The molecule has 2 heteroatoms. The van der Waals surface area contributed by atoms with E-state index in [1.807, 2.05) is 12.2 Å². The number of hydrogen-bond donors (Lipinski definition) is 2. The Balaban J connectivity index is 4.90. The molecule has 0 rings (SSSR count). The molecule has 0 aliphatic heterocycles. The highest BCUT2D eigenvalue weighted by Gasteiger charge is 2.30. The molecule has 1 unspecified atom stereocenters. The minimum atomic E-state index is -0.0137. The molecule has 100 valence electrons. The fourth-order valence-electron chi connectivity index (χ4n) is 2.64. The summed E-state index contributed by atoms with van der Waals surface area (Å²) in [5.41, 5.74) is 12.1. The van der Waals surface area contributed by atoms with Crippen LogP contribution in [0.4, 0.5) is 0 Å². The van der Waals surface area contributed by atoms with Gasteiger partial charge in [-0.25, -0.2) is 0 Å². The van der Waals surface area contributed by atoms with Crippen LogP contribution in [0.5, 0.6) is 0 Å². The van der Waals surface area contributed by atoms with Crippen LogP contribution in [-0.2, 0) is 0 Å². The third-order valence-corrected chi connectivity index (χ3v) is 4.29. The minimum Gasteiger partial charge on any atom is -0.328 e. The standard InChI is InChI=1S/C15H30N2/c1-7-13(11(5)10(4)12(6)16)14(8-2)15(17)9-3/h8-15H,2-3,7,16-17H2,1,4-6H3/t10-,11-,12-,13+,14-,15?/m0/s1. The van der Waals surface area contributed by atoms with Crippen molar-refractivity contribution >= 4 is 0 Å². The van der Waals surface area contributed by atoms with Crippen molar-refractivity contribution in [2.75, 3.05) is 0 Å². The lowest BCUT2D eigenvalue weighted by atomic mass is 9.71. The zero-order valence-electron chi connectivity index (χ0n) is 11.9. The van der Waals surface area contributed by atoms with Crippen LogP contribution in [0.25, 0.3) is 0 Å². The smallest absolute Gasteiger partial charge is 0.0287 e. The molecule has 0 spiro atoms. The average Bonchev–Trinajstić information content (AvgIpc) is 2.32. The van der Waals surface area contributed by atoms with Gasteiger partial charge in [0, 0.05) is 12.1 Å². The van der Waals surface area contributed by atoms with Crippen LogP contribution in [-0.4, -0.2) is 12.1 Å². The fraction of sp³-hybridized carbons (Fsp3) is 0.733. The summed E-state index contributed by atoms with van der Waals surface area (Å²) in [7, 11) is 0. The Morgan fingerprint density at radius 1 is 1.00 bits per heavy atom. The largest absolute Gasteiger partial charge is 0.328 e. The van der Waals surface area contributed by atoms with Crippen molar-refractivity contribution in [1.29, 1.82) is 0 Å². The topological polar surface area (TPSA) is 52.0 Å². The molecule has 2 nitrogen and oxygen atoms in total. The molecule has 0 bridgehead atoms. The van der Waals surface area contributed by atoms with Crippen LogP contribution in [0.3, 0.4) is 0 Å². The monoisotopic (exact) mass is 238 g/mol. The zero-order valence-corrected chi connectivity index (χ0v) is 11.9. The van der Waals surface area contributed by atoms with Crippen LogP contribution in [0.1, 0.15) is 34.1 Å². The first-order chi connectivity index (χ1) is 7.90. The lowest BCUT2D eigenvalue weighted by Gasteiger charge is -2.36. The van der Waals surface area contributed by atoms with E-state index in [1.54, 1.807) is 0 Å². The van der Waals surface area contributed by atoms with E-state index in [4.69, 9.17) is 11.5 Å². The molecule has 0 radical (unpaired) electrons. The highest BCUT2D eigenvalue weighted by molar-refractivity contribution is 5.00. The van der Waals surface area contributed by atoms with E-state index in [0.717, 1.165) is 6.42 Å². The molecule has 0 heterocycles. The predicted molar refractivity (Wildman–Crippen MR) is 77.6 cm³/mol. The van der Waals surface area contributed by atoms with Crippen LogP contribution in [0, 0.1) is 23.7 Å². The number of nitrogens with two attached hydrogens (primary N) is 2. The van der Waals surface area contributed by atoms with Crippen molar-refractivity contribution in [2.24, 2.45) is 35.1 Å². The van der Waals surface area contributed by atoms with E-state index in [0.29, 0.717) is 17.8 Å². The molecular formula is C15H30N2. The lowest BCUT2D eigenvalue weighted by molar-refractivity contribution is 0.180. The summed E-state index contributed by atoms with van der Waals surface area (Å²) in [6, 6.07) is 0.199. The van der Waals surface area contributed by atoms with Gasteiger partial charge in [-0.3, -0.25) is 0 Å². The highest BCUT2D eigenvalue weighted by atomic mass is 14.7. The Hall–Kier alpha value is -0.600. The molecule has 0 saturated heterocycles. The van der Waals surface area contributed by atoms with Gasteiger partial charge >= 0.3 is 0 Å². The first-order valence-electron chi connectivity index (χ1n) is 6.66. The average molecular weight is 238 g/mol. The normalized spacial score (nSPS) is 22.0. The first-order valence-corrected chi connectivity index (χ1v) is 6.66. The molecular weight excluding hydrogens is 208 g/mol. The highest BCUT2D eigenvalue weighted by Crippen LogP contribution is 2.33. The van der Waals surface area contributed by atoms with E-state index < -0.39 is 0 Å². The Labute approximate surface area is 107 Å². The van der Waals surface area contributed by atoms with Gasteiger partial charge in [0.2, 0.25) is 0 Å². The maximum absolute atomic E-state index is 6.10. The summed E-state index contributed by atoms with van der Waals surface area (Å²) in [6.07, 6.45) is 4.89. The SMILES string of the molecule is C=CC(N)[C@@H](C=C)[C@H](CC)[C@@H](C)[C@H](C)[C@H](C)N. The second-order valence-electron chi connectivity index (χ2n) is 5.28. The Morgan fingerprint density at radius 2 is 1.53 bits per heavy atom. The van der Waals surface area contributed by atoms with Crippen molar-refractivity contribution in [3.63, 3.8) is 0 Å². The zero-order chi connectivity index (χ0) is 13.6. The summed E-state index contributed by atoms with van der Waals surface area (Å²) in [5.74, 6) is 1.82. The van der Waals surface area contributed by atoms with E-state index >= 15 is 0 Å². The van der Waals surface area contributed by atoms with E-state index in [2.05, 4.69) is 40.9 Å². The van der Waals surface area contributed by atoms with Crippen molar-refractivity contribution in [2.45, 2.75) is 46.2 Å². The molecule has 0 aliphatic rings. The molecule has 0 saturated carbocycles. The van der Waals surface area contributed by atoms with E-state index in [9.17, 15) is 0 Å². The fourth-order valence-corrected chi connectivity index (χ4v) is 2.64. The van der Waals surface area contributed by atoms with Crippen molar-refractivity contribution < 1.29 is 0 Å². The Bertz CT molecular complexity index is 235. The van der Waals surface area contributed by atoms with Crippen molar-refractivity contribution in [3.8, 4) is 0 Å². The quantitative estimate of drug-likeness (QED) is 0.639. The maximum atomic E-state index is 6.10. The molecule has 0 fully saturated rings. The Kier molecular flexibility index (Phi) is 7.40. The van der Waals surface area contributed by atoms with Gasteiger partial charge in [0.1, 0.15) is 0 Å². The van der Waals surface area contributed by atoms with Gasteiger partial charge in [0.05, 0.1) is 0 Å². The van der Waals surface area contributed by atoms with Crippen LogP contribution in [0.15, 0.2) is 25.3 Å². The van der Waals surface area contributed by atoms with Gasteiger partial charge in [-0.2, -0.15) is 0 Å². The second kappa shape index (κ2) is 7.67. The Morgan fingerprint density at radius 3 is 1.82 bits per heavy atom. The van der Waals surface area contributed by atoms with Gasteiger partial charge in [0.15, 0.2) is 0 Å². The summed E-state index contributed by atoms with van der Waals surface area (Å²) < 4.78 is 0. The van der Waals surface area contributed by atoms with Gasteiger partial charge in [-0.05, 0) is 30.6 Å². The van der Waals surface area contributed by atoms with Crippen LogP contribution >= 0.6 is 0 Å². The molecule has 6 atom stereocenters. The minimum absolute atomic E-state index is 0.0137. The van der Waals surface area contributed by atoms with Gasteiger partial charge in [-0.15, -0.1) is 13.2 Å². The van der Waals surface area contributed by atoms with Crippen LogP contribution < -0.4 is 11.5 Å². The third-order valence-electron chi connectivity index (χ3n) is 4.29. The summed E-state index contributed by atoms with van der Waals surface area (Å²) in [4.78, 5) is 0. The van der Waals surface area contributed by atoms with Crippen LogP contribution in [0.2, 0.25) is 0 Å². The van der Waals surface area contributed by atoms with E-state index in [-0.39, 0.29) is 18.0 Å². The number of rotatable bonds is 8. The van der Waals surface area contributed by atoms with E-state index in [1.165, 1.54) is 0 Å². The maximum Gasteiger partial charge on any atom is 0.0287 e. The molecule has 0 aromatic carbocycles. The lowest BCUT2D eigenvalue weighted by Crippen LogP contribution is -2.39. The van der Waals surface area contributed by atoms with Crippen molar-refractivity contribution in [3.05, 3.63) is 25.3 Å². The first kappa shape index (κ1) is 16.4. The summed E-state index contributed by atoms with van der Waals surface area (Å²) >= 11 is 0. The summed E-state index contributed by atoms with van der Waals surface area (Å²) in [5, 5.41) is 0. The second-order valence-corrected chi connectivity index (χ2v) is 5.28. The molecule has 0 aromatic heterocycles. The number of hydrogen-bond acceptors (Lipinski definition) is 2. The molecule has 4 N–H and O–H groups in total. The predicted octanol–water partition coefficient (Wildman–Crippen LogP) is 2.95. The van der Waals surface area contributed by atoms with Gasteiger partial charge in [-0.1, -0.05) is 39.3 Å². The summed E-state index contributed by atoms with van der Waals surface area (Å²) in [6.45, 7) is 16.5. The molecule has 0 aliphatic carbocycles.